The van der Waals surface area contributed by atoms with Gasteiger partial charge in [0.25, 0.3) is 0 Å². The standard InChI is InChI=1S/C18H24F3N5.HI/c1-14-23-10-12-26(14)11-4-3-9-24-17(22-2)25-13-15-5-7-16(8-6-15)18(19,20)21;/h5-8,10,12H,3-4,9,11,13H2,1-2H3,(H2,22,24,25);1H. The van der Waals surface area contributed by atoms with Crippen LogP contribution in [0.2, 0.25) is 0 Å². The minimum absolute atomic E-state index is 0. The zero-order valence-corrected chi connectivity index (χ0v) is 17.7. The van der Waals surface area contributed by atoms with Crippen LogP contribution >= 0.6 is 24.0 Å². The number of aryl methyl sites for hydroxylation is 2. The molecule has 9 heteroatoms. The van der Waals surface area contributed by atoms with Gasteiger partial charge in [-0.3, -0.25) is 4.99 Å². The van der Waals surface area contributed by atoms with Crippen molar-refractivity contribution in [2.45, 2.75) is 39.0 Å². The predicted octanol–water partition coefficient (Wildman–Crippen LogP) is 3.97. The highest BCUT2D eigenvalue weighted by Gasteiger charge is 2.29. The van der Waals surface area contributed by atoms with Crippen molar-refractivity contribution in [2.24, 2.45) is 4.99 Å². The first-order valence-electron chi connectivity index (χ1n) is 8.48. The van der Waals surface area contributed by atoms with Crippen LogP contribution in [-0.2, 0) is 19.3 Å². The SMILES string of the molecule is CN=C(NCCCCn1ccnc1C)NCc1ccc(C(F)(F)F)cc1.I. The maximum Gasteiger partial charge on any atom is 0.416 e. The number of imidazole rings is 1. The number of rotatable bonds is 7. The molecule has 0 saturated heterocycles. The van der Waals surface area contributed by atoms with E-state index < -0.39 is 11.7 Å². The molecule has 0 fully saturated rings. The van der Waals surface area contributed by atoms with E-state index in [1.54, 1.807) is 13.2 Å². The van der Waals surface area contributed by atoms with E-state index in [1.807, 2.05) is 13.1 Å². The lowest BCUT2D eigenvalue weighted by atomic mass is 10.1. The van der Waals surface area contributed by atoms with Crippen molar-refractivity contribution in [3.63, 3.8) is 0 Å². The van der Waals surface area contributed by atoms with Gasteiger partial charge in [-0.2, -0.15) is 13.2 Å². The molecule has 0 amide bonds. The van der Waals surface area contributed by atoms with Gasteiger partial charge in [-0.05, 0) is 37.5 Å². The minimum Gasteiger partial charge on any atom is -0.356 e. The Bertz CT molecular complexity index is 711. The van der Waals surface area contributed by atoms with E-state index in [-0.39, 0.29) is 24.0 Å². The largest absolute Gasteiger partial charge is 0.416 e. The molecule has 2 N–H and O–H groups in total. The lowest BCUT2D eigenvalue weighted by Crippen LogP contribution is -2.37. The Labute approximate surface area is 174 Å². The monoisotopic (exact) mass is 495 g/mol. The van der Waals surface area contributed by atoms with Crippen molar-refractivity contribution in [1.82, 2.24) is 20.2 Å². The molecule has 0 spiro atoms. The Kier molecular flexibility index (Phi) is 9.61. The molecule has 0 radical (unpaired) electrons. The second-order valence-corrected chi connectivity index (χ2v) is 5.92. The van der Waals surface area contributed by atoms with Gasteiger partial charge in [-0.25, -0.2) is 4.98 Å². The first kappa shape index (κ1) is 23.3. The van der Waals surface area contributed by atoms with Crippen LogP contribution in [0.4, 0.5) is 13.2 Å². The molecule has 0 unspecified atom stereocenters. The third-order valence-corrected chi connectivity index (χ3v) is 4.01. The van der Waals surface area contributed by atoms with Gasteiger partial charge in [0.1, 0.15) is 5.82 Å². The number of nitrogens with one attached hydrogen (secondary N) is 2. The summed E-state index contributed by atoms with van der Waals surface area (Å²) in [4.78, 5) is 8.31. The van der Waals surface area contributed by atoms with Crippen molar-refractivity contribution < 1.29 is 13.2 Å². The topological polar surface area (TPSA) is 54.2 Å². The number of nitrogens with zero attached hydrogens (tertiary/aromatic N) is 3. The molecule has 0 atom stereocenters. The highest BCUT2D eigenvalue weighted by atomic mass is 127. The van der Waals surface area contributed by atoms with Crippen LogP contribution in [0.3, 0.4) is 0 Å². The van der Waals surface area contributed by atoms with E-state index in [2.05, 4.69) is 25.2 Å². The Balaban J connectivity index is 0.00000364. The molecule has 0 saturated carbocycles. The summed E-state index contributed by atoms with van der Waals surface area (Å²) in [6.45, 7) is 4.07. The summed E-state index contributed by atoms with van der Waals surface area (Å²) < 4.78 is 39.8. The highest BCUT2D eigenvalue weighted by Crippen LogP contribution is 2.28. The average molecular weight is 495 g/mol. The Morgan fingerprint density at radius 2 is 1.85 bits per heavy atom. The van der Waals surface area contributed by atoms with Gasteiger partial charge < -0.3 is 15.2 Å². The number of benzene rings is 1. The van der Waals surface area contributed by atoms with Gasteiger partial charge in [0, 0.05) is 39.1 Å². The Morgan fingerprint density at radius 3 is 2.41 bits per heavy atom. The molecule has 1 heterocycles. The second-order valence-electron chi connectivity index (χ2n) is 5.92. The normalized spacial score (nSPS) is 11.8. The van der Waals surface area contributed by atoms with Crippen molar-refractivity contribution in [1.29, 1.82) is 0 Å². The van der Waals surface area contributed by atoms with Crippen molar-refractivity contribution >= 4 is 29.9 Å². The van der Waals surface area contributed by atoms with E-state index in [0.29, 0.717) is 12.5 Å². The van der Waals surface area contributed by atoms with Crippen molar-refractivity contribution in [3.8, 4) is 0 Å². The van der Waals surface area contributed by atoms with E-state index >= 15 is 0 Å². The first-order chi connectivity index (χ1) is 12.4. The molecule has 0 aliphatic rings. The molecule has 1 aromatic heterocycles. The summed E-state index contributed by atoms with van der Waals surface area (Å²) in [6.07, 6.45) is 1.44. The summed E-state index contributed by atoms with van der Waals surface area (Å²) in [6, 6.07) is 5.11. The third-order valence-electron chi connectivity index (χ3n) is 4.01. The number of aliphatic imine (C=N–C) groups is 1. The van der Waals surface area contributed by atoms with Crippen molar-refractivity contribution in [3.05, 3.63) is 53.6 Å². The lowest BCUT2D eigenvalue weighted by Gasteiger charge is -2.13. The molecular weight excluding hydrogens is 470 g/mol. The molecule has 0 bridgehead atoms. The maximum absolute atomic E-state index is 12.6. The number of unbranched alkanes of at least 4 members (excludes halogenated alkanes) is 1. The van der Waals surface area contributed by atoms with Gasteiger partial charge in [-0.1, -0.05) is 12.1 Å². The number of alkyl halides is 3. The summed E-state index contributed by atoms with van der Waals surface area (Å²) >= 11 is 0. The smallest absolute Gasteiger partial charge is 0.356 e. The fourth-order valence-corrected chi connectivity index (χ4v) is 2.47. The van der Waals surface area contributed by atoms with Crippen molar-refractivity contribution in [2.75, 3.05) is 13.6 Å². The molecule has 2 rings (SSSR count). The molecule has 27 heavy (non-hydrogen) atoms. The predicted molar refractivity (Wildman–Crippen MR) is 111 cm³/mol. The lowest BCUT2D eigenvalue weighted by molar-refractivity contribution is -0.137. The number of hydrogen-bond acceptors (Lipinski definition) is 2. The molecule has 5 nitrogen and oxygen atoms in total. The van der Waals surface area contributed by atoms with Crippen LogP contribution < -0.4 is 10.6 Å². The molecule has 1 aromatic carbocycles. The van der Waals surface area contributed by atoms with E-state index in [0.717, 1.165) is 49.5 Å². The molecule has 0 aliphatic carbocycles. The molecule has 2 aromatic rings. The summed E-state index contributed by atoms with van der Waals surface area (Å²) in [5, 5.41) is 6.30. The van der Waals surface area contributed by atoms with Gasteiger partial charge in [0.05, 0.1) is 5.56 Å². The highest BCUT2D eigenvalue weighted by molar-refractivity contribution is 14.0. The maximum atomic E-state index is 12.6. The van der Waals surface area contributed by atoms with Crippen LogP contribution in [0, 0.1) is 6.92 Å². The minimum atomic E-state index is -4.31. The van der Waals surface area contributed by atoms with E-state index in [9.17, 15) is 13.2 Å². The van der Waals surface area contributed by atoms with Crippen LogP contribution in [0.5, 0.6) is 0 Å². The molecule has 150 valence electrons. The quantitative estimate of drug-likeness (QED) is 0.265. The van der Waals surface area contributed by atoms with Gasteiger partial charge in [0.2, 0.25) is 0 Å². The fraction of sp³-hybridized carbons (Fsp3) is 0.444. The fourth-order valence-electron chi connectivity index (χ4n) is 2.47. The second kappa shape index (κ2) is 11.2. The number of halogens is 4. The van der Waals surface area contributed by atoms with Gasteiger partial charge >= 0.3 is 6.18 Å². The molecular formula is C18H25F3IN5. The number of aromatic nitrogens is 2. The zero-order chi connectivity index (χ0) is 19.0. The van der Waals surface area contributed by atoms with E-state index in [1.165, 1.54) is 12.1 Å². The van der Waals surface area contributed by atoms with Crippen LogP contribution in [0.25, 0.3) is 0 Å². The molecule has 0 aliphatic heterocycles. The van der Waals surface area contributed by atoms with Gasteiger partial charge in [0.15, 0.2) is 5.96 Å². The average Bonchev–Trinajstić information content (AvgIpc) is 3.02. The third kappa shape index (κ3) is 7.77. The van der Waals surface area contributed by atoms with E-state index in [4.69, 9.17) is 0 Å². The first-order valence-corrected chi connectivity index (χ1v) is 8.48. The summed E-state index contributed by atoms with van der Waals surface area (Å²) in [5.74, 6) is 1.63. The number of hydrogen-bond donors (Lipinski definition) is 2. The Morgan fingerprint density at radius 1 is 1.15 bits per heavy atom. The summed E-state index contributed by atoms with van der Waals surface area (Å²) in [7, 11) is 1.66. The Hall–Kier alpha value is -1.78. The number of guanidine groups is 1. The van der Waals surface area contributed by atoms with Crippen LogP contribution in [-0.4, -0.2) is 29.1 Å². The summed E-state index contributed by atoms with van der Waals surface area (Å²) in [5.41, 5.74) is 0.119. The van der Waals surface area contributed by atoms with Gasteiger partial charge in [-0.15, -0.1) is 24.0 Å². The zero-order valence-electron chi connectivity index (χ0n) is 15.4. The van der Waals surface area contributed by atoms with Crippen LogP contribution in [0.15, 0.2) is 41.7 Å². The van der Waals surface area contributed by atoms with Crippen LogP contribution in [0.1, 0.15) is 29.8 Å².